The second-order valence-electron chi connectivity index (χ2n) is 5.08. The van der Waals surface area contributed by atoms with E-state index in [9.17, 15) is 4.79 Å². The van der Waals surface area contributed by atoms with Crippen molar-refractivity contribution in [1.29, 1.82) is 0 Å². The van der Waals surface area contributed by atoms with Crippen molar-refractivity contribution in [2.24, 2.45) is 5.92 Å². The third kappa shape index (κ3) is 3.44. The SMILES string of the molecule is Cc1cccc(C(=O)N[C@@H](c2cccs2)C(C)C)c1. The molecule has 100 valence electrons. The molecule has 2 rings (SSSR count). The predicted molar refractivity (Wildman–Crippen MR) is 80.5 cm³/mol. The van der Waals surface area contributed by atoms with E-state index >= 15 is 0 Å². The normalized spacial score (nSPS) is 12.4. The smallest absolute Gasteiger partial charge is 0.251 e. The first kappa shape index (κ1) is 13.8. The summed E-state index contributed by atoms with van der Waals surface area (Å²) in [5, 5.41) is 5.18. The summed E-state index contributed by atoms with van der Waals surface area (Å²) < 4.78 is 0. The number of benzene rings is 1. The fourth-order valence-corrected chi connectivity index (χ4v) is 2.99. The molecule has 0 saturated carbocycles. The highest BCUT2D eigenvalue weighted by Gasteiger charge is 2.19. The molecule has 0 unspecified atom stereocenters. The van der Waals surface area contributed by atoms with E-state index in [1.807, 2.05) is 42.6 Å². The van der Waals surface area contributed by atoms with Crippen LogP contribution in [0.2, 0.25) is 0 Å². The van der Waals surface area contributed by atoms with Gasteiger partial charge >= 0.3 is 0 Å². The first-order valence-electron chi connectivity index (χ1n) is 6.49. The second kappa shape index (κ2) is 6.02. The highest BCUT2D eigenvalue weighted by molar-refractivity contribution is 7.10. The average Bonchev–Trinajstić information content (AvgIpc) is 2.88. The first-order valence-corrected chi connectivity index (χ1v) is 7.37. The Kier molecular flexibility index (Phi) is 4.38. The van der Waals surface area contributed by atoms with E-state index < -0.39 is 0 Å². The Morgan fingerprint density at radius 3 is 2.58 bits per heavy atom. The van der Waals surface area contributed by atoms with Crippen LogP contribution in [0.1, 0.15) is 40.7 Å². The summed E-state index contributed by atoms with van der Waals surface area (Å²) in [5.41, 5.74) is 1.83. The van der Waals surface area contributed by atoms with Crippen LogP contribution < -0.4 is 5.32 Å². The topological polar surface area (TPSA) is 29.1 Å². The summed E-state index contributed by atoms with van der Waals surface area (Å²) in [5.74, 6) is 0.364. The standard InChI is InChI=1S/C16H19NOS/c1-11(2)15(14-8-5-9-19-14)17-16(18)13-7-4-6-12(3)10-13/h4-11,15H,1-3H3,(H,17,18)/t15-/m1/s1. The number of rotatable bonds is 4. The van der Waals surface area contributed by atoms with Crippen molar-refractivity contribution < 1.29 is 4.79 Å². The second-order valence-corrected chi connectivity index (χ2v) is 6.06. The third-order valence-corrected chi connectivity index (χ3v) is 4.04. The van der Waals surface area contributed by atoms with Crippen molar-refractivity contribution in [2.45, 2.75) is 26.8 Å². The van der Waals surface area contributed by atoms with Gasteiger partial charge < -0.3 is 5.32 Å². The van der Waals surface area contributed by atoms with Crippen molar-refractivity contribution in [3.05, 3.63) is 57.8 Å². The molecule has 3 heteroatoms. The zero-order chi connectivity index (χ0) is 13.8. The maximum atomic E-state index is 12.3. The molecule has 19 heavy (non-hydrogen) atoms. The van der Waals surface area contributed by atoms with Crippen LogP contribution >= 0.6 is 11.3 Å². The van der Waals surface area contributed by atoms with Gasteiger partial charge in [-0.2, -0.15) is 0 Å². The van der Waals surface area contributed by atoms with Crippen LogP contribution in [-0.2, 0) is 0 Å². The van der Waals surface area contributed by atoms with Gasteiger partial charge in [-0.3, -0.25) is 4.79 Å². The molecule has 0 aliphatic rings. The summed E-state index contributed by atoms with van der Waals surface area (Å²) in [7, 11) is 0. The van der Waals surface area contributed by atoms with Crippen LogP contribution in [-0.4, -0.2) is 5.91 Å². The van der Waals surface area contributed by atoms with Gasteiger partial charge in [0.25, 0.3) is 5.91 Å². The van der Waals surface area contributed by atoms with Crippen molar-refractivity contribution in [1.82, 2.24) is 5.32 Å². The van der Waals surface area contributed by atoms with Crippen molar-refractivity contribution >= 4 is 17.2 Å². The van der Waals surface area contributed by atoms with Gasteiger partial charge in [0.1, 0.15) is 0 Å². The average molecular weight is 273 g/mol. The minimum Gasteiger partial charge on any atom is -0.344 e. The molecule has 0 bridgehead atoms. The highest BCUT2D eigenvalue weighted by Crippen LogP contribution is 2.26. The third-order valence-electron chi connectivity index (χ3n) is 3.08. The van der Waals surface area contributed by atoms with Crippen LogP contribution in [0.15, 0.2) is 41.8 Å². The predicted octanol–water partition coefficient (Wildman–Crippen LogP) is 4.18. The summed E-state index contributed by atoms with van der Waals surface area (Å²) >= 11 is 1.68. The highest BCUT2D eigenvalue weighted by atomic mass is 32.1. The zero-order valence-electron chi connectivity index (χ0n) is 11.5. The van der Waals surface area contributed by atoms with Crippen molar-refractivity contribution in [3.8, 4) is 0 Å². The number of thiophene rings is 1. The van der Waals surface area contributed by atoms with Crippen LogP contribution in [0.3, 0.4) is 0 Å². The molecule has 1 N–H and O–H groups in total. The van der Waals surface area contributed by atoms with E-state index in [2.05, 4.69) is 25.2 Å². The number of carbonyl (C=O) groups excluding carboxylic acids is 1. The van der Waals surface area contributed by atoms with Crippen molar-refractivity contribution in [2.75, 3.05) is 0 Å². The Bertz CT molecular complexity index is 546. The number of carbonyl (C=O) groups is 1. The molecule has 0 aliphatic heterocycles. The molecule has 0 fully saturated rings. The van der Waals surface area contributed by atoms with Gasteiger partial charge in [0.05, 0.1) is 6.04 Å². The molecule has 0 aliphatic carbocycles. The minimum atomic E-state index is -0.00389. The van der Waals surface area contributed by atoms with E-state index in [1.165, 1.54) is 4.88 Å². The number of amides is 1. The fourth-order valence-electron chi connectivity index (χ4n) is 2.05. The maximum Gasteiger partial charge on any atom is 0.251 e. The van der Waals surface area contributed by atoms with Gasteiger partial charge in [-0.15, -0.1) is 11.3 Å². The number of hydrogen-bond acceptors (Lipinski definition) is 2. The summed E-state index contributed by atoms with van der Waals surface area (Å²) in [4.78, 5) is 13.5. The number of hydrogen-bond donors (Lipinski definition) is 1. The molecule has 1 atom stereocenters. The zero-order valence-corrected chi connectivity index (χ0v) is 12.3. The first-order chi connectivity index (χ1) is 9.08. The lowest BCUT2D eigenvalue weighted by atomic mass is 10.0. The molecular formula is C16H19NOS. The Balaban J connectivity index is 2.16. The Hall–Kier alpha value is -1.61. The molecule has 1 heterocycles. The van der Waals surface area contributed by atoms with Gasteiger partial charge in [0.15, 0.2) is 0 Å². The fraction of sp³-hybridized carbons (Fsp3) is 0.312. The van der Waals surface area contributed by atoms with E-state index in [0.29, 0.717) is 5.92 Å². The molecule has 0 radical (unpaired) electrons. The van der Waals surface area contributed by atoms with Gasteiger partial charge in [0.2, 0.25) is 0 Å². The van der Waals surface area contributed by atoms with Crippen molar-refractivity contribution in [3.63, 3.8) is 0 Å². The molecule has 1 aromatic carbocycles. The largest absolute Gasteiger partial charge is 0.344 e. The van der Waals surface area contributed by atoms with E-state index in [0.717, 1.165) is 11.1 Å². The van der Waals surface area contributed by atoms with Crippen LogP contribution in [0, 0.1) is 12.8 Å². The maximum absolute atomic E-state index is 12.3. The summed E-state index contributed by atoms with van der Waals surface area (Å²) in [6, 6.07) is 11.9. The molecule has 0 saturated heterocycles. The molecular weight excluding hydrogens is 254 g/mol. The molecule has 2 aromatic rings. The molecule has 1 amide bonds. The van der Waals surface area contributed by atoms with Gasteiger partial charge in [-0.05, 0) is 36.4 Å². The van der Waals surface area contributed by atoms with Crippen LogP contribution in [0.25, 0.3) is 0 Å². The molecule has 0 spiro atoms. The van der Waals surface area contributed by atoms with Gasteiger partial charge in [-0.1, -0.05) is 37.6 Å². The van der Waals surface area contributed by atoms with E-state index in [-0.39, 0.29) is 11.9 Å². The Morgan fingerprint density at radius 2 is 2.00 bits per heavy atom. The van der Waals surface area contributed by atoms with Crippen LogP contribution in [0.5, 0.6) is 0 Å². The Labute approximate surface area is 118 Å². The molecule has 1 aromatic heterocycles. The number of nitrogens with one attached hydrogen (secondary N) is 1. The van der Waals surface area contributed by atoms with Crippen LogP contribution in [0.4, 0.5) is 0 Å². The lowest BCUT2D eigenvalue weighted by Crippen LogP contribution is -2.31. The summed E-state index contributed by atoms with van der Waals surface area (Å²) in [6.07, 6.45) is 0. The van der Waals surface area contributed by atoms with Gasteiger partial charge in [-0.25, -0.2) is 0 Å². The monoisotopic (exact) mass is 273 g/mol. The lowest BCUT2D eigenvalue weighted by molar-refractivity contribution is 0.0926. The lowest BCUT2D eigenvalue weighted by Gasteiger charge is -2.21. The van der Waals surface area contributed by atoms with E-state index in [1.54, 1.807) is 11.3 Å². The summed E-state index contributed by atoms with van der Waals surface area (Å²) in [6.45, 7) is 6.25. The van der Waals surface area contributed by atoms with Gasteiger partial charge in [0, 0.05) is 10.4 Å². The quantitative estimate of drug-likeness (QED) is 0.889. The Morgan fingerprint density at radius 1 is 1.21 bits per heavy atom. The minimum absolute atomic E-state index is 0.00389. The van der Waals surface area contributed by atoms with E-state index in [4.69, 9.17) is 0 Å². The number of aryl methyl sites for hydroxylation is 1. The molecule has 2 nitrogen and oxygen atoms in total.